The molecule has 1 aliphatic rings. The van der Waals surface area contributed by atoms with Crippen LogP contribution in [0, 0.1) is 0 Å². The predicted octanol–water partition coefficient (Wildman–Crippen LogP) is 2.04. The minimum Gasteiger partial charge on any atom is -0.273 e. The van der Waals surface area contributed by atoms with Crippen LogP contribution >= 0.6 is 11.8 Å². The first-order chi connectivity index (χ1) is 6.20. The van der Waals surface area contributed by atoms with Crippen LogP contribution in [0.15, 0.2) is 12.2 Å². The van der Waals surface area contributed by atoms with Crippen molar-refractivity contribution in [1.29, 1.82) is 0 Å². The molecular weight excluding hydrogens is 186 g/mol. The second-order valence-electron chi connectivity index (χ2n) is 2.80. The molecule has 3 nitrogen and oxygen atoms in total. The highest BCUT2D eigenvalue weighted by molar-refractivity contribution is 8.15. The zero-order chi connectivity index (χ0) is 9.84. The number of amides is 2. The highest BCUT2D eigenvalue weighted by atomic mass is 32.2. The van der Waals surface area contributed by atoms with Crippen LogP contribution < -0.4 is 0 Å². The Balaban J connectivity index is 2.64. The third-order valence-corrected chi connectivity index (χ3v) is 3.14. The first kappa shape index (κ1) is 10.3. The molecule has 13 heavy (non-hydrogen) atoms. The lowest BCUT2D eigenvalue weighted by Gasteiger charge is -2.09. The summed E-state index contributed by atoms with van der Waals surface area (Å²) in [5.41, 5.74) is 0. The van der Waals surface area contributed by atoms with Crippen LogP contribution in [0.2, 0.25) is 0 Å². The Morgan fingerprint density at radius 3 is 2.69 bits per heavy atom. The number of rotatable bonds is 3. The summed E-state index contributed by atoms with van der Waals surface area (Å²) in [4.78, 5) is 24.1. The molecule has 0 saturated carbocycles. The molecule has 0 bridgehead atoms. The Kier molecular flexibility index (Phi) is 3.54. The topological polar surface area (TPSA) is 37.4 Å². The molecular formula is C9H13NO2S. The summed E-state index contributed by atoms with van der Waals surface area (Å²) in [6.45, 7) is 4.20. The van der Waals surface area contributed by atoms with Crippen molar-refractivity contribution in [2.45, 2.75) is 25.5 Å². The van der Waals surface area contributed by atoms with Gasteiger partial charge in [-0.2, -0.15) is 0 Å². The number of imide groups is 1. The Labute approximate surface area is 82.2 Å². The quantitative estimate of drug-likeness (QED) is 0.653. The van der Waals surface area contributed by atoms with E-state index < -0.39 is 0 Å². The van der Waals surface area contributed by atoms with Crippen molar-refractivity contribution < 1.29 is 9.59 Å². The van der Waals surface area contributed by atoms with Crippen molar-refractivity contribution >= 4 is 22.9 Å². The van der Waals surface area contributed by atoms with Gasteiger partial charge in [0.05, 0.1) is 5.25 Å². The maximum absolute atomic E-state index is 11.5. The molecule has 0 aromatic heterocycles. The number of hydrogen-bond acceptors (Lipinski definition) is 3. The van der Waals surface area contributed by atoms with E-state index in [-0.39, 0.29) is 16.4 Å². The fourth-order valence-corrected chi connectivity index (χ4v) is 2.06. The largest absolute Gasteiger partial charge is 0.289 e. The lowest BCUT2D eigenvalue weighted by molar-refractivity contribution is -0.126. The molecule has 0 aromatic carbocycles. The second kappa shape index (κ2) is 4.46. The lowest BCUT2D eigenvalue weighted by atomic mass is 10.3. The van der Waals surface area contributed by atoms with Gasteiger partial charge in [-0.3, -0.25) is 14.5 Å². The summed E-state index contributed by atoms with van der Waals surface area (Å²) in [5.74, 6) is -0.0457. The first-order valence-electron chi connectivity index (χ1n) is 4.33. The minimum absolute atomic E-state index is 0.0457. The van der Waals surface area contributed by atoms with E-state index in [2.05, 4.69) is 0 Å². The molecule has 0 radical (unpaired) electrons. The summed E-state index contributed by atoms with van der Waals surface area (Å²) in [7, 11) is 0. The molecule has 0 aliphatic carbocycles. The van der Waals surface area contributed by atoms with E-state index in [1.807, 2.05) is 26.0 Å². The fourth-order valence-electron chi connectivity index (χ4n) is 1.13. The predicted molar refractivity (Wildman–Crippen MR) is 53.6 cm³/mol. The highest BCUT2D eigenvalue weighted by Gasteiger charge is 2.37. The smallest absolute Gasteiger partial charge is 0.273 e. The number of allylic oxidation sites excluding steroid dienone is 1. The van der Waals surface area contributed by atoms with Crippen molar-refractivity contribution in [1.82, 2.24) is 4.90 Å². The molecule has 1 aliphatic heterocycles. The Morgan fingerprint density at radius 2 is 2.23 bits per heavy atom. The van der Waals surface area contributed by atoms with Gasteiger partial charge >= 0.3 is 0 Å². The van der Waals surface area contributed by atoms with Gasteiger partial charge in [-0.05, 0) is 13.3 Å². The van der Waals surface area contributed by atoms with Gasteiger partial charge < -0.3 is 0 Å². The Hall–Kier alpha value is -0.770. The third kappa shape index (κ3) is 2.12. The number of hydrogen-bond donors (Lipinski definition) is 0. The monoisotopic (exact) mass is 199 g/mol. The average molecular weight is 199 g/mol. The second-order valence-corrected chi connectivity index (χ2v) is 3.95. The molecule has 1 rings (SSSR count). The van der Waals surface area contributed by atoms with Gasteiger partial charge in [0.1, 0.15) is 0 Å². The molecule has 1 saturated heterocycles. The van der Waals surface area contributed by atoms with Crippen molar-refractivity contribution in [3.8, 4) is 0 Å². The van der Waals surface area contributed by atoms with E-state index in [0.717, 1.165) is 18.2 Å². The van der Waals surface area contributed by atoms with Crippen LogP contribution in [0.25, 0.3) is 0 Å². The highest BCUT2D eigenvalue weighted by Crippen LogP contribution is 2.28. The zero-order valence-electron chi connectivity index (χ0n) is 7.82. The molecule has 1 heterocycles. The van der Waals surface area contributed by atoms with Crippen LogP contribution in [-0.2, 0) is 4.79 Å². The molecule has 0 aromatic rings. The normalized spacial score (nSPS) is 23.5. The summed E-state index contributed by atoms with van der Waals surface area (Å²) in [6, 6.07) is 0. The van der Waals surface area contributed by atoms with Gasteiger partial charge in [-0.15, -0.1) is 0 Å². The maximum Gasteiger partial charge on any atom is 0.289 e. The summed E-state index contributed by atoms with van der Waals surface area (Å²) < 4.78 is 0. The van der Waals surface area contributed by atoms with Crippen LogP contribution in [0.1, 0.15) is 20.3 Å². The van der Waals surface area contributed by atoms with Crippen molar-refractivity contribution in [3.05, 3.63) is 12.2 Å². The van der Waals surface area contributed by atoms with Crippen LogP contribution in [-0.4, -0.2) is 27.8 Å². The van der Waals surface area contributed by atoms with Crippen LogP contribution in [0.5, 0.6) is 0 Å². The van der Waals surface area contributed by atoms with Gasteiger partial charge in [0.25, 0.3) is 5.24 Å². The van der Waals surface area contributed by atoms with Gasteiger partial charge in [0.15, 0.2) is 0 Å². The SMILES string of the molecule is CC=CCN1C(=O)SC(CC)C1=O. The van der Waals surface area contributed by atoms with E-state index in [9.17, 15) is 9.59 Å². The molecule has 72 valence electrons. The third-order valence-electron chi connectivity index (χ3n) is 1.90. The zero-order valence-corrected chi connectivity index (χ0v) is 8.63. The van der Waals surface area contributed by atoms with Crippen molar-refractivity contribution in [2.24, 2.45) is 0 Å². The van der Waals surface area contributed by atoms with E-state index in [0.29, 0.717) is 6.54 Å². The molecule has 4 heteroatoms. The van der Waals surface area contributed by atoms with E-state index in [1.54, 1.807) is 0 Å². The van der Waals surface area contributed by atoms with Gasteiger partial charge in [-0.25, -0.2) is 0 Å². The maximum atomic E-state index is 11.5. The number of nitrogens with zero attached hydrogens (tertiary/aromatic N) is 1. The Morgan fingerprint density at radius 1 is 1.54 bits per heavy atom. The summed E-state index contributed by atoms with van der Waals surface area (Å²) >= 11 is 1.14. The molecule has 1 unspecified atom stereocenters. The van der Waals surface area contributed by atoms with Crippen LogP contribution in [0.4, 0.5) is 4.79 Å². The molecule has 1 fully saturated rings. The Bertz CT molecular complexity index is 250. The van der Waals surface area contributed by atoms with Gasteiger partial charge in [0, 0.05) is 6.54 Å². The van der Waals surface area contributed by atoms with Gasteiger partial charge in [-0.1, -0.05) is 30.8 Å². The van der Waals surface area contributed by atoms with E-state index in [4.69, 9.17) is 0 Å². The summed E-state index contributed by atoms with van der Waals surface area (Å²) in [5, 5.41) is -0.271. The standard InChI is InChI=1S/C9H13NO2S/c1-3-5-6-10-8(11)7(4-2)13-9(10)12/h3,5,7H,4,6H2,1-2H3. The number of carbonyl (C=O) groups excluding carboxylic acids is 2. The number of carbonyl (C=O) groups is 2. The minimum atomic E-state index is -0.155. The van der Waals surface area contributed by atoms with E-state index >= 15 is 0 Å². The molecule has 0 spiro atoms. The van der Waals surface area contributed by atoms with E-state index in [1.165, 1.54) is 4.90 Å². The van der Waals surface area contributed by atoms with Crippen molar-refractivity contribution in [2.75, 3.05) is 6.54 Å². The average Bonchev–Trinajstić information content (AvgIpc) is 2.39. The first-order valence-corrected chi connectivity index (χ1v) is 5.21. The molecule has 1 atom stereocenters. The lowest BCUT2D eigenvalue weighted by Crippen LogP contribution is -2.31. The fraction of sp³-hybridized carbons (Fsp3) is 0.556. The molecule has 0 N–H and O–H groups in total. The van der Waals surface area contributed by atoms with Gasteiger partial charge in [0.2, 0.25) is 5.91 Å². The molecule has 2 amide bonds. The van der Waals surface area contributed by atoms with Crippen molar-refractivity contribution in [3.63, 3.8) is 0 Å². The number of thioether (sulfide) groups is 1. The summed E-state index contributed by atoms with van der Waals surface area (Å²) in [6.07, 6.45) is 4.38. The van der Waals surface area contributed by atoms with Crippen LogP contribution in [0.3, 0.4) is 0 Å².